The van der Waals surface area contributed by atoms with E-state index in [1.807, 2.05) is 16.5 Å². The minimum atomic E-state index is -0.218. The number of amides is 1. The second-order valence-electron chi connectivity index (χ2n) is 7.45. The molecule has 2 N–H and O–H groups in total. The molecule has 3 heterocycles. The maximum Gasteiger partial charge on any atom is 0.257 e. The van der Waals surface area contributed by atoms with Crippen molar-refractivity contribution in [1.29, 1.82) is 0 Å². The highest BCUT2D eigenvalue weighted by Crippen LogP contribution is 2.37. The van der Waals surface area contributed by atoms with E-state index >= 15 is 0 Å². The number of benzene rings is 1. The molecule has 154 valence electrons. The summed E-state index contributed by atoms with van der Waals surface area (Å²) in [6.45, 7) is 1.81. The van der Waals surface area contributed by atoms with Crippen LogP contribution in [-0.4, -0.2) is 52.8 Å². The van der Waals surface area contributed by atoms with Gasteiger partial charge in [-0.3, -0.25) is 9.20 Å². The summed E-state index contributed by atoms with van der Waals surface area (Å²) in [6, 6.07) is 3.90. The molecule has 0 saturated carbocycles. The quantitative estimate of drug-likeness (QED) is 0.650. The summed E-state index contributed by atoms with van der Waals surface area (Å²) in [4.78, 5) is 18.0. The molecule has 1 fully saturated rings. The number of anilines is 1. The molecule has 0 spiro atoms. The summed E-state index contributed by atoms with van der Waals surface area (Å²) in [7, 11) is 3.25. The first-order valence-corrected chi connectivity index (χ1v) is 9.89. The first-order chi connectivity index (χ1) is 14.1. The van der Waals surface area contributed by atoms with Crippen molar-refractivity contribution in [1.82, 2.24) is 19.6 Å². The summed E-state index contributed by atoms with van der Waals surface area (Å²) < 4.78 is 12.8. The summed E-state index contributed by atoms with van der Waals surface area (Å²) >= 11 is 0. The van der Waals surface area contributed by atoms with Gasteiger partial charge in [0.2, 0.25) is 5.91 Å². The van der Waals surface area contributed by atoms with Crippen LogP contribution in [0.3, 0.4) is 0 Å². The van der Waals surface area contributed by atoms with Gasteiger partial charge in [0, 0.05) is 31.0 Å². The molecule has 1 aromatic carbocycles. The largest absolute Gasteiger partial charge is 0.493 e. The molecule has 29 heavy (non-hydrogen) atoms. The lowest BCUT2D eigenvalue weighted by molar-refractivity contribution is -0.118. The predicted octanol–water partition coefficient (Wildman–Crippen LogP) is 2.17. The Labute approximate surface area is 168 Å². The lowest BCUT2D eigenvalue weighted by Gasteiger charge is -2.33. The Morgan fingerprint density at radius 1 is 1.21 bits per heavy atom. The number of ether oxygens (including phenoxy) is 2. The number of nitrogens with two attached hydrogens (primary N) is 1. The van der Waals surface area contributed by atoms with E-state index in [1.165, 1.54) is 0 Å². The zero-order valence-corrected chi connectivity index (χ0v) is 16.8. The standard InChI is InChI=1S/C20H26N6O3/c1-28-16-10-14-15(11-17(16)29-2)26-12-22-24-20(26)23-19(14)25-8-6-13(7-9-25)4-3-5-18(21)27/h10-13H,3-9H2,1-2H3,(H2,21,27). The minimum absolute atomic E-state index is 0.218. The lowest BCUT2D eigenvalue weighted by Crippen LogP contribution is -2.34. The van der Waals surface area contributed by atoms with E-state index in [1.54, 1.807) is 20.5 Å². The van der Waals surface area contributed by atoms with Gasteiger partial charge < -0.3 is 20.1 Å². The number of hydrogen-bond acceptors (Lipinski definition) is 7. The predicted molar refractivity (Wildman–Crippen MR) is 109 cm³/mol. The summed E-state index contributed by atoms with van der Waals surface area (Å²) in [5.74, 6) is 3.16. The molecule has 9 heteroatoms. The number of aromatic nitrogens is 4. The Bertz CT molecular complexity index is 1030. The first kappa shape index (κ1) is 19.2. The van der Waals surface area contributed by atoms with Gasteiger partial charge in [-0.25, -0.2) is 0 Å². The van der Waals surface area contributed by atoms with E-state index in [4.69, 9.17) is 20.2 Å². The van der Waals surface area contributed by atoms with Gasteiger partial charge in [-0.15, -0.1) is 10.2 Å². The molecule has 1 aliphatic heterocycles. The van der Waals surface area contributed by atoms with Crippen LogP contribution in [-0.2, 0) is 4.79 Å². The molecule has 1 amide bonds. The van der Waals surface area contributed by atoms with Crippen molar-refractivity contribution in [3.63, 3.8) is 0 Å². The first-order valence-electron chi connectivity index (χ1n) is 9.89. The van der Waals surface area contributed by atoms with Crippen molar-refractivity contribution in [2.45, 2.75) is 32.1 Å². The second kappa shape index (κ2) is 8.10. The molecule has 0 bridgehead atoms. The molecule has 2 aromatic heterocycles. The number of rotatable bonds is 7. The van der Waals surface area contributed by atoms with E-state index < -0.39 is 0 Å². The number of carbonyl (C=O) groups excluding carboxylic acids is 1. The van der Waals surface area contributed by atoms with E-state index in [-0.39, 0.29) is 5.91 Å². The van der Waals surface area contributed by atoms with Crippen LogP contribution in [0.1, 0.15) is 32.1 Å². The third-order valence-electron chi connectivity index (χ3n) is 5.69. The minimum Gasteiger partial charge on any atom is -0.493 e. The van der Waals surface area contributed by atoms with E-state index in [9.17, 15) is 4.79 Å². The Balaban J connectivity index is 1.64. The van der Waals surface area contributed by atoms with Crippen LogP contribution in [0.15, 0.2) is 18.5 Å². The topological polar surface area (TPSA) is 108 Å². The van der Waals surface area contributed by atoms with Gasteiger partial charge in [0.25, 0.3) is 5.78 Å². The van der Waals surface area contributed by atoms with Crippen LogP contribution >= 0.6 is 0 Å². The number of nitrogens with zero attached hydrogens (tertiary/aromatic N) is 5. The SMILES string of the molecule is COc1cc2c(N3CCC(CCCC(N)=O)CC3)nc3nncn3c2cc1OC. The van der Waals surface area contributed by atoms with Crippen molar-refractivity contribution in [3.05, 3.63) is 18.5 Å². The normalized spacial score (nSPS) is 15.2. The third-order valence-corrected chi connectivity index (χ3v) is 5.69. The van der Waals surface area contributed by atoms with Crippen LogP contribution in [0.2, 0.25) is 0 Å². The van der Waals surface area contributed by atoms with Crippen LogP contribution < -0.4 is 20.1 Å². The fourth-order valence-electron chi connectivity index (χ4n) is 4.12. The number of carbonyl (C=O) groups is 1. The molecule has 1 aliphatic rings. The lowest BCUT2D eigenvalue weighted by atomic mass is 9.91. The van der Waals surface area contributed by atoms with Crippen molar-refractivity contribution >= 4 is 28.4 Å². The highest BCUT2D eigenvalue weighted by Gasteiger charge is 2.24. The van der Waals surface area contributed by atoms with E-state index in [0.717, 1.165) is 55.5 Å². The van der Waals surface area contributed by atoms with Gasteiger partial charge in [0.1, 0.15) is 12.1 Å². The van der Waals surface area contributed by atoms with Gasteiger partial charge in [0.05, 0.1) is 19.7 Å². The van der Waals surface area contributed by atoms with Crippen molar-refractivity contribution in [3.8, 4) is 11.5 Å². The molecular formula is C20H26N6O3. The molecule has 0 atom stereocenters. The summed E-state index contributed by atoms with van der Waals surface area (Å²) in [5.41, 5.74) is 6.18. The summed E-state index contributed by atoms with van der Waals surface area (Å²) in [6.07, 6.45) is 6.16. The smallest absolute Gasteiger partial charge is 0.257 e. The van der Waals surface area contributed by atoms with Crippen molar-refractivity contribution < 1.29 is 14.3 Å². The van der Waals surface area contributed by atoms with Gasteiger partial charge in [-0.05, 0) is 37.7 Å². The Morgan fingerprint density at radius 2 is 1.93 bits per heavy atom. The van der Waals surface area contributed by atoms with Crippen molar-refractivity contribution in [2.75, 3.05) is 32.2 Å². The third kappa shape index (κ3) is 3.76. The molecule has 3 aromatic rings. The fourth-order valence-corrected chi connectivity index (χ4v) is 4.12. The van der Waals surface area contributed by atoms with Gasteiger partial charge in [-0.2, -0.15) is 4.98 Å². The zero-order chi connectivity index (χ0) is 20.4. The highest BCUT2D eigenvalue weighted by molar-refractivity contribution is 5.94. The zero-order valence-electron chi connectivity index (χ0n) is 16.8. The Hall–Kier alpha value is -3.10. The number of hydrogen-bond donors (Lipinski definition) is 1. The highest BCUT2D eigenvalue weighted by atomic mass is 16.5. The molecule has 0 unspecified atom stereocenters. The van der Waals surface area contributed by atoms with E-state index in [0.29, 0.717) is 29.6 Å². The van der Waals surface area contributed by atoms with Gasteiger partial charge >= 0.3 is 0 Å². The molecule has 4 rings (SSSR count). The van der Waals surface area contributed by atoms with Crippen LogP contribution in [0.25, 0.3) is 16.7 Å². The molecular weight excluding hydrogens is 372 g/mol. The van der Waals surface area contributed by atoms with Gasteiger partial charge in [0.15, 0.2) is 11.5 Å². The second-order valence-corrected chi connectivity index (χ2v) is 7.45. The monoisotopic (exact) mass is 398 g/mol. The maximum absolute atomic E-state index is 11.0. The number of fused-ring (bicyclic) bond motifs is 3. The van der Waals surface area contributed by atoms with E-state index in [2.05, 4.69) is 15.1 Å². The van der Waals surface area contributed by atoms with Gasteiger partial charge in [-0.1, -0.05) is 0 Å². The maximum atomic E-state index is 11.0. The van der Waals surface area contributed by atoms with Crippen molar-refractivity contribution in [2.24, 2.45) is 11.7 Å². The average molecular weight is 398 g/mol. The fraction of sp³-hybridized carbons (Fsp3) is 0.500. The molecule has 9 nitrogen and oxygen atoms in total. The molecule has 0 radical (unpaired) electrons. The van der Waals surface area contributed by atoms with Crippen LogP contribution in [0.4, 0.5) is 5.82 Å². The number of primary amides is 1. The number of methoxy groups -OCH3 is 2. The van der Waals surface area contributed by atoms with Crippen LogP contribution in [0.5, 0.6) is 11.5 Å². The summed E-state index contributed by atoms with van der Waals surface area (Å²) in [5, 5.41) is 9.15. The number of piperidine rings is 1. The average Bonchev–Trinajstić information content (AvgIpc) is 3.21. The molecule has 1 saturated heterocycles. The Morgan fingerprint density at radius 3 is 2.62 bits per heavy atom. The Kier molecular flexibility index (Phi) is 5.37. The van der Waals surface area contributed by atoms with Crippen LogP contribution in [0, 0.1) is 5.92 Å². The molecule has 0 aliphatic carbocycles.